The van der Waals surface area contributed by atoms with Gasteiger partial charge in [-0.1, -0.05) is 19.9 Å². The summed E-state index contributed by atoms with van der Waals surface area (Å²) < 4.78 is 78.5. The highest BCUT2D eigenvalue weighted by Gasteiger charge is 2.59. The summed E-state index contributed by atoms with van der Waals surface area (Å²) in [5.41, 5.74) is 0.231. The largest absolute Gasteiger partial charge is 0.470 e. The number of hydrogen-bond acceptors (Lipinski definition) is 2. The number of rotatable bonds is 3. The van der Waals surface area contributed by atoms with Gasteiger partial charge in [-0.25, -0.2) is 0 Å². The molecular weight excluding hydrogens is 300 g/mol. The zero-order valence-electron chi connectivity index (χ0n) is 11.0. The van der Waals surface area contributed by atoms with E-state index < -0.39 is 24.2 Å². The first-order valence-electron chi connectivity index (χ1n) is 5.81. The van der Waals surface area contributed by atoms with Crippen molar-refractivity contribution in [3.8, 4) is 11.8 Å². The van der Waals surface area contributed by atoms with Gasteiger partial charge in [0.2, 0.25) is 0 Å². The molecule has 1 aromatic carbocycles. The number of nitrogens with zero attached hydrogens (tertiary/aromatic N) is 1. The van der Waals surface area contributed by atoms with Crippen LogP contribution in [-0.2, 0) is 0 Å². The zero-order valence-corrected chi connectivity index (χ0v) is 11.0. The van der Waals surface area contributed by atoms with Crippen LogP contribution in [0.5, 0.6) is 5.75 Å². The van der Waals surface area contributed by atoms with Crippen LogP contribution in [0.4, 0.5) is 26.3 Å². The van der Waals surface area contributed by atoms with E-state index in [0.717, 1.165) is 6.07 Å². The highest BCUT2D eigenvalue weighted by molar-refractivity contribution is 5.46. The van der Waals surface area contributed by atoms with Crippen molar-refractivity contribution in [1.29, 1.82) is 5.26 Å². The standard InChI is InChI=1S/C13H11F6NO/c1-7(2)8-3-4-10(9(5-8)6-20)21-11(12(14,15)16)13(17,18)19/h3-5,7,11H,1-2H3. The lowest BCUT2D eigenvalue weighted by molar-refractivity contribution is -0.299. The van der Waals surface area contributed by atoms with E-state index in [1.165, 1.54) is 18.2 Å². The first kappa shape index (κ1) is 17.1. The molecule has 1 rings (SSSR count). The number of halogens is 6. The fraction of sp³-hybridized carbons (Fsp3) is 0.462. The summed E-state index contributed by atoms with van der Waals surface area (Å²) in [4.78, 5) is 0. The summed E-state index contributed by atoms with van der Waals surface area (Å²) >= 11 is 0. The first-order chi connectivity index (χ1) is 9.46. The first-order valence-corrected chi connectivity index (χ1v) is 5.81. The second kappa shape index (κ2) is 5.84. The molecule has 0 aliphatic heterocycles. The zero-order chi connectivity index (χ0) is 16.4. The summed E-state index contributed by atoms with van der Waals surface area (Å²) in [5.74, 6) is -0.784. The fourth-order valence-electron chi connectivity index (χ4n) is 1.54. The van der Waals surface area contributed by atoms with Crippen LogP contribution >= 0.6 is 0 Å². The normalized spacial score (nSPS) is 12.6. The molecule has 0 saturated heterocycles. The molecule has 0 N–H and O–H groups in total. The molecule has 0 aromatic heterocycles. The van der Waals surface area contributed by atoms with Crippen LogP contribution < -0.4 is 4.74 Å². The Morgan fingerprint density at radius 2 is 1.57 bits per heavy atom. The summed E-state index contributed by atoms with van der Waals surface area (Å²) in [6, 6.07) is 5.02. The van der Waals surface area contributed by atoms with Gasteiger partial charge in [0.1, 0.15) is 11.8 Å². The predicted octanol–water partition coefficient (Wildman–Crippen LogP) is 4.55. The molecule has 116 valence electrons. The van der Waals surface area contributed by atoms with E-state index in [1.807, 2.05) is 0 Å². The van der Waals surface area contributed by atoms with Gasteiger partial charge in [-0.05, 0) is 23.6 Å². The van der Waals surface area contributed by atoms with Gasteiger partial charge in [0, 0.05) is 0 Å². The molecule has 1 aromatic rings. The van der Waals surface area contributed by atoms with Crippen LogP contribution in [0.15, 0.2) is 18.2 Å². The summed E-state index contributed by atoms with van der Waals surface area (Å²) in [7, 11) is 0. The van der Waals surface area contributed by atoms with Crippen LogP contribution in [-0.4, -0.2) is 18.5 Å². The van der Waals surface area contributed by atoms with E-state index in [-0.39, 0.29) is 11.5 Å². The van der Waals surface area contributed by atoms with E-state index in [1.54, 1.807) is 13.8 Å². The lowest BCUT2D eigenvalue weighted by atomic mass is 10.0. The Kier molecular flexibility index (Phi) is 4.76. The van der Waals surface area contributed by atoms with Gasteiger partial charge < -0.3 is 4.74 Å². The average Bonchev–Trinajstić information content (AvgIpc) is 2.32. The molecule has 0 unspecified atom stereocenters. The minimum Gasteiger partial charge on any atom is -0.470 e. The Morgan fingerprint density at radius 3 is 1.95 bits per heavy atom. The second-order valence-corrected chi connectivity index (χ2v) is 4.60. The van der Waals surface area contributed by atoms with E-state index in [0.29, 0.717) is 5.56 Å². The maximum atomic E-state index is 12.4. The predicted molar refractivity (Wildman–Crippen MR) is 61.8 cm³/mol. The third-order valence-electron chi connectivity index (χ3n) is 2.63. The molecule has 0 saturated carbocycles. The van der Waals surface area contributed by atoms with Crippen molar-refractivity contribution < 1.29 is 31.1 Å². The smallest absolute Gasteiger partial charge is 0.434 e. The molecule has 21 heavy (non-hydrogen) atoms. The van der Waals surface area contributed by atoms with Gasteiger partial charge in [0.25, 0.3) is 6.10 Å². The third-order valence-corrected chi connectivity index (χ3v) is 2.63. The number of benzene rings is 1. The molecule has 0 atom stereocenters. The van der Waals surface area contributed by atoms with Gasteiger partial charge in [-0.3, -0.25) is 0 Å². The lowest BCUT2D eigenvalue weighted by Crippen LogP contribution is -2.46. The van der Waals surface area contributed by atoms with Gasteiger partial charge in [-0.15, -0.1) is 0 Å². The van der Waals surface area contributed by atoms with Gasteiger partial charge >= 0.3 is 12.4 Å². The summed E-state index contributed by atoms with van der Waals surface area (Å²) in [6.45, 7) is 3.54. The van der Waals surface area contributed by atoms with Crippen molar-refractivity contribution in [2.45, 2.75) is 38.2 Å². The van der Waals surface area contributed by atoms with Crippen molar-refractivity contribution >= 4 is 0 Å². The second-order valence-electron chi connectivity index (χ2n) is 4.60. The van der Waals surface area contributed by atoms with E-state index in [9.17, 15) is 26.3 Å². The third kappa shape index (κ3) is 4.28. The molecule has 0 heterocycles. The van der Waals surface area contributed by atoms with E-state index in [4.69, 9.17) is 5.26 Å². The van der Waals surface area contributed by atoms with Crippen molar-refractivity contribution in [3.05, 3.63) is 29.3 Å². The minimum atomic E-state index is -5.62. The molecule has 0 bridgehead atoms. The van der Waals surface area contributed by atoms with Gasteiger partial charge in [0.05, 0.1) is 5.56 Å². The molecule has 0 radical (unpaired) electrons. The maximum Gasteiger partial charge on any atom is 0.434 e. The molecule has 8 heteroatoms. The Labute approximate surface area is 116 Å². The minimum absolute atomic E-state index is 0.0350. The molecule has 0 aliphatic carbocycles. The molecule has 0 aliphatic rings. The summed E-state index contributed by atoms with van der Waals surface area (Å²) in [5, 5.41) is 8.85. The van der Waals surface area contributed by atoms with E-state index >= 15 is 0 Å². The molecule has 0 amide bonds. The molecule has 0 fully saturated rings. The topological polar surface area (TPSA) is 33.0 Å². The van der Waals surface area contributed by atoms with Crippen LogP contribution in [0.2, 0.25) is 0 Å². The van der Waals surface area contributed by atoms with Crippen molar-refractivity contribution in [3.63, 3.8) is 0 Å². The molecule has 0 spiro atoms. The number of nitriles is 1. The monoisotopic (exact) mass is 311 g/mol. The van der Waals surface area contributed by atoms with Crippen LogP contribution in [0.25, 0.3) is 0 Å². The maximum absolute atomic E-state index is 12.4. The van der Waals surface area contributed by atoms with Crippen LogP contribution in [0, 0.1) is 11.3 Å². The molecule has 2 nitrogen and oxygen atoms in total. The quantitative estimate of drug-likeness (QED) is 0.767. The van der Waals surface area contributed by atoms with E-state index in [2.05, 4.69) is 4.74 Å². The Bertz CT molecular complexity index is 527. The molecular formula is C13H11F6NO. The van der Waals surface area contributed by atoms with Crippen molar-refractivity contribution in [2.24, 2.45) is 0 Å². The average molecular weight is 311 g/mol. The van der Waals surface area contributed by atoms with Crippen molar-refractivity contribution in [1.82, 2.24) is 0 Å². The lowest BCUT2D eigenvalue weighted by Gasteiger charge is -2.24. The van der Waals surface area contributed by atoms with Crippen LogP contribution in [0.3, 0.4) is 0 Å². The van der Waals surface area contributed by atoms with Gasteiger partial charge in [-0.2, -0.15) is 31.6 Å². The van der Waals surface area contributed by atoms with Crippen LogP contribution in [0.1, 0.15) is 30.9 Å². The Morgan fingerprint density at radius 1 is 1.05 bits per heavy atom. The number of hydrogen-bond donors (Lipinski definition) is 0. The van der Waals surface area contributed by atoms with Crippen molar-refractivity contribution in [2.75, 3.05) is 0 Å². The Hall–Kier alpha value is -1.91. The SMILES string of the molecule is CC(C)c1ccc(OC(C(F)(F)F)C(F)(F)F)c(C#N)c1. The number of alkyl halides is 6. The highest BCUT2D eigenvalue weighted by atomic mass is 19.4. The number of ether oxygens (including phenoxy) is 1. The summed E-state index contributed by atoms with van der Waals surface area (Å²) in [6.07, 6.45) is -15.2. The Balaban J connectivity index is 3.20. The fourth-order valence-corrected chi connectivity index (χ4v) is 1.54. The highest BCUT2D eigenvalue weighted by Crippen LogP contribution is 2.37. The van der Waals surface area contributed by atoms with Gasteiger partial charge in [0.15, 0.2) is 0 Å².